The molecule has 0 spiro atoms. The molecule has 0 bridgehead atoms. The van der Waals surface area contributed by atoms with Crippen LogP contribution in [0.5, 0.6) is 0 Å². The Morgan fingerprint density at radius 1 is 1.55 bits per heavy atom. The lowest BCUT2D eigenvalue weighted by Crippen LogP contribution is -1.94. The lowest BCUT2D eigenvalue weighted by Gasteiger charge is -2.10. The van der Waals surface area contributed by atoms with Crippen LogP contribution in [0.4, 0.5) is 0 Å². The van der Waals surface area contributed by atoms with Gasteiger partial charge in [0.1, 0.15) is 0 Å². The smallest absolute Gasteiger partial charge is 0.0299 e. The summed E-state index contributed by atoms with van der Waals surface area (Å²) in [6, 6.07) is 2.11. The third kappa shape index (κ3) is 1.79. The van der Waals surface area contributed by atoms with Crippen LogP contribution in [-0.4, -0.2) is 4.98 Å². The van der Waals surface area contributed by atoms with Crippen molar-refractivity contribution in [3.8, 4) is 0 Å². The molecule has 1 nitrogen and oxygen atoms in total. The van der Waals surface area contributed by atoms with Crippen LogP contribution < -0.4 is 0 Å². The van der Waals surface area contributed by atoms with Gasteiger partial charge in [-0.1, -0.05) is 13.8 Å². The van der Waals surface area contributed by atoms with E-state index in [9.17, 15) is 0 Å². The second-order valence-electron chi connectivity index (χ2n) is 3.04. The fraction of sp³-hybridized carbons (Fsp3) is 0.500. The highest BCUT2D eigenvalue weighted by Gasteiger charge is 2.04. The van der Waals surface area contributed by atoms with Crippen LogP contribution in [0.15, 0.2) is 18.5 Å². The summed E-state index contributed by atoms with van der Waals surface area (Å²) >= 11 is 0. The molecule has 0 aliphatic rings. The van der Waals surface area contributed by atoms with E-state index < -0.39 is 0 Å². The Hall–Kier alpha value is -0.850. The maximum absolute atomic E-state index is 4.06. The number of nitrogens with zero attached hydrogens (tertiary/aromatic N) is 1. The molecule has 0 radical (unpaired) electrons. The standard InChI is InChI=1S/C10H15N/c1-4-8(2)10-5-6-11-7-9(10)3/h5-8H,4H2,1-3H3. The Balaban J connectivity index is 2.93. The number of hydrogen-bond acceptors (Lipinski definition) is 1. The van der Waals surface area contributed by atoms with Crippen molar-refractivity contribution in [2.45, 2.75) is 33.1 Å². The summed E-state index contributed by atoms with van der Waals surface area (Å²) in [4.78, 5) is 4.06. The SMILES string of the molecule is CCC(C)c1ccncc1C. The number of hydrogen-bond donors (Lipinski definition) is 0. The maximum Gasteiger partial charge on any atom is 0.0299 e. The molecule has 0 saturated heterocycles. The van der Waals surface area contributed by atoms with Gasteiger partial charge in [-0.15, -0.1) is 0 Å². The molecule has 0 amide bonds. The zero-order chi connectivity index (χ0) is 8.27. The minimum atomic E-state index is 0.665. The summed E-state index contributed by atoms with van der Waals surface area (Å²) in [5.74, 6) is 0.665. The zero-order valence-corrected chi connectivity index (χ0v) is 7.46. The van der Waals surface area contributed by atoms with E-state index in [1.807, 2.05) is 12.4 Å². The van der Waals surface area contributed by atoms with Gasteiger partial charge >= 0.3 is 0 Å². The number of rotatable bonds is 2. The lowest BCUT2D eigenvalue weighted by molar-refractivity contribution is 0.726. The van der Waals surface area contributed by atoms with Crippen LogP contribution in [0.3, 0.4) is 0 Å². The monoisotopic (exact) mass is 149 g/mol. The predicted octanol–water partition coefficient (Wildman–Crippen LogP) is 2.90. The molecule has 1 rings (SSSR count). The van der Waals surface area contributed by atoms with Crippen molar-refractivity contribution < 1.29 is 0 Å². The van der Waals surface area contributed by atoms with Gasteiger partial charge in [-0.3, -0.25) is 4.98 Å². The third-order valence-corrected chi connectivity index (χ3v) is 2.21. The molecule has 0 N–H and O–H groups in total. The van der Waals surface area contributed by atoms with Crippen molar-refractivity contribution in [2.24, 2.45) is 0 Å². The molecule has 1 heteroatoms. The van der Waals surface area contributed by atoms with E-state index in [-0.39, 0.29) is 0 Å². The van der Waals surface area contributed by atoms with Gasteiger partial charge in [0.05, 0.1) is 0 Å². The Morgan fingerprint density at radius 3 is 2.82 bits per heavy atom. The highest BCUT2D eigenvalue weighted by Crippen LogP contribution is 2.20. The Morgan fingerprint density at radius 2 is 2.27 bits per heavy atom. The van der Waals surface area contributed by atoms with Gasteiger partial charge < -0.3 is 0 Å². The van der Waals surface area contributed by atoms with E-state index in [0.717, 1.165) is 0 Å². The van der Waals surface area contributed by atoms with Crippen LogP contribution >= 0.6 is 0 Å². The van der Waals surface area contributed by atoms with Crippen molar-refractivity contribution in [1.29, 1.82) is 0 Å². The van der Waals surface area contributed by atoms with Crippen molar-refractivity contribution in [2.75, 3.05) is 0 Å². The zero-order valence-electron chi connectivity index (χ0n) is 7.46. The largest absolute Gasteiger partial charge is 0.264 e. The average Bonchev–Trinajstić information content (AvgIpc) is 2.04. The van der Waals surface area contributed by atoms with Crippen molar-refractivity contribution in [1.82, 2.24) is 4.98 Å². The van der Waals surface area contributed by atoms with E-state index in [0.29, 0.717) is 5.92 Å². The van der Waals surface area contributed by atoms with Gasteiger partial charge in [-0.2, -0.15) is 0 Å². The van der Waals surface area contributed by atoms with E-state index in [4.69, 9.17) is 0 Å². The maximum atomic E-state index is 4.06. The predicted molar refractivity (Wildman–Crippen MR) is 47.7 cm³/mol. The first-order chi connectivity index (χ1) is 5.25. The Kier molecular flexibility index (Phi) is 2.64. The number of pyridine rings is 1. The highest BCUT2D eigenvalue weighted by atomic mass is 14.6. The van der Waals surface area contributed by atoms with Crippen LogP contribution in [-0.2, 0) is 0 Å². The summed E-state index contributed by atoms with van der Waals surface area (Å²) in [6.45, 7) is 6.58. The molecule has 0 aromatic carbocycles. The van der Waals surface area contributed by atoms with Gasteiger partial charge in [0.25, 0.3) is 0 Å². The van der Waals surface area contributed by atoms with E-state index >= 15 is 0 Å². The van der Waals surface area contributed by atoms with Gasteiger partial charge in [0, 0.05) is 12.4 Å². The number of aryl methyl sites for hydroxylation is 1. The quantitative estimate of drug-likeness (QED) is 0.630. The van der Waals surface area contributed by atoms with E-state index in [1.165, 1.54) is 17.5 Å². The molecule has 1 unspecified atom stereocenters. The van der Waals surface area contributed by atoms with Gasteiger partial charge in [-0.05, 0) is 36.5 Å². The molecular weight excluding hydrogens is 134 g/mol. The van der Waals surface area contributed by atoms with Gasteiger partial charge in [0.15, 0.2) is 0 Å². The highest BCUT2D eigenvalue weighted by molar-refractivity contribution is 5.24. The first-order valence-electron chi connectivity index (χ1n) is 4.16. The van der Waals surface area contributed by atoms with Crippen LogP contribution in [0.2, 0.25) is 0 Å². The average molecular weight is 149 g/mol. The lowest BCUT2D eigenvalue weighted by atomic mass is 9.96. The molecule has 0 aliphatic carbocycles. The minimum Gasteiger partial charge on any atom is -0.264 e. The molecular formula is C10H15N. The second kappa shape index (κ2) is 3.51. The normalized spacial score (nSPS) is 13.0. The summed E-state index contributed by atoms with van der Waals surface area (Å²) < 4.78 is 0. The van der Waals surface area contributed by atoms with Crippen LogP contribution in [0.1, 0.15) is 37.3 Å². The summed E-state index contributed by atoms with van der Waals surface area (Å²) in [5, 5.41) is 0. The molecule has 0 saturated carbocycles. The second-order valence-corrected chi connectivity index (χ2v) is 3.04. The molecule has 0 fully saturated rings. The fourth-order valence-electron chi connectivity index (χ4n) is 1.26. The fourth-order valence-corrected chi connectivity index (χ4v) is 1.26. The molecule has 1 atom stereocenters. The molecule has 1 heterocycles. The molecule has 0 aliphatic heterocycles. The van der Waals surface area contributed by atoms with Gasteiger partial charge in [-0.25, -0.2) is 0 Å². The van der Waals surface area contributed by atoms with E-state index in [2.05, 4.69) is 31.8 Å². The molecule has 60 valence electrons. The molecule has 1 aromatic heterocycles. The Labute approximate surface area is 68.5 Å². The van der Waals surface area contributed by atoms with Crippen molar-refractivity contribution >= 4 is 0 Å². The summed E-state index contributed by atoms with van der Waals surface area (Å²) in [5.41, 5.74) is 2.74. The Bertz CT molecular complexity index is 230. The molecule has 11 heavy (non-hydrogen) atoms. The summed E-state index contributed by atoms with van der Waals surface area (Å²) in [6.07, 6.45) is 5.00. The van der Waals surface area contributed by atoms with Crippen LogP contribution in [0.25, 0.3) is 0 Å². The molecule has 1 aromatic rings. The topological polar surface area (TPSA) is 12.9 Å². The van der Waals surface area contributed by atoms with Crippen molar-refractivity contribution in [3.63, 3.8) is 0 Å². The first-order valence-corrected chi connectivity index (χ1v) is 4.16. The number of aromatic nitrogens is 1. The third-order valence-electron chi connectivity index (χ3n) is 2.21. The minimum absolute atomic E-state index is 0.665. The van der Waals surface area contributed by atoms with Crippen molar-refractivity contribution in [3.05, 3.63) is 29.6 Å². The van der Waals surface area contributed by atoms with E-state index in [1.54, 1.807) is 0 Å². The van der Waals surface area contributed by atoms with Crippen LogP contribution in [0, 0.1) is 6.92 Å². The first kappa shape index (κ1) is 8.25. The van der Waals surface area contributed by atoms with Gasteiger partial charge in [0.2, 0.25) is 0 Å². The summed E-state index contributed by atoms with van der Waals surface area (Å²) in [7, 11) is 0.